The normalized spacial score (nSPS) is 24.0. The average Bonchev–Trinajstić information content (AvgIpc) is 2.89. The van der Waals surface area contributed by atoms with Crippen LogP contribution < -0.4 is 10.5 Å². The Morgan fingerprint density at radius 1 is 1.50 bits per heavy atom. The average molecular weight is 361 g/mol. The van der Waals surface area contributed by atoms with Crippen molar-refractivity contribution < 1.29 is 24.8 Å². The van der Waals surface area contributed by atoms with Gasteiger partial charge >= 0.3 is 6.09 Å². The molecule has 0 aromatic carbocycles. The fraction of sp³-hybridized carbons (Fsp3) is 0.643. The molecule has 4 N–H and O–H groups in total. The van der Waals surface area contributed by atoms with E-state index in [-0.39, 0.29) is 32.5 Å². The van der Waals surface area contributed by atoms with E-state index in [9.17, 15) is 20.3 Å². The summed E-state index contributed by atoms with van der Waals surface area (Å²) >= 11 is 5.75. The number of carbonyl (C=O) groups is 1. The molecule has 2 atom stereocenters. The second kappa shape index (κ2) is 6.67. The molecular formula is C14H23ClN5O4+. The van der Waals surface area contributed by atoms with Crippen LogP contribution in [-0.4, -0.2) is 60.7 Å². The lowest BCUT2D eigenvalue weighted by atomic mass is 9.99. The van der Waals surface area contributed by atoms with Gasteiger partial charge in [-0.3, -0.25) is 10.4 Å². The van der Waals surface area contributed by atoms with Gasteiger partial charge in [0.25, 0.3) is 0 Å². The van der Waals surface area contributed by atoms with Gasteiger partial charge < -0.3 is 10.4 Å². The molecule has 1 unspecified atom stereocenters. The van der Waals surface area contributed by atoms with E-state index in [1.54, 1.807) is 0 Å². The van der Waals surface area contributed by atoms with Crippen LogP contribution in [0.15, 0.2) is 6.20 Å². The summed E-state index contributed by atoms with van der Waals surface area (Å²) in [5, 5.41) is 31.2. The maximum atomic E-state index is 12.0. The monoisotopic (exact) mass is 360 g/mol. The molecular weight excluding hydrogens is 338 g/mol. The fourth-order valence-electron chi connectivity index (χ4n) is 3.50. The molecule has 1 aliphatic rings. The summed E-state index contributed by atoms with van der Waals surface area (Å²) in [4.78, 5) is 19.7. The Hall–Kier alpha value is -1.68. The van der Waals surface area contributed by atoms with Crippen molar-refractivity contribution >= 4 is 29.2 Å². The Morgan fingerprint density at radius 3 is 2.71 bits per heavy atom. The Labute approximate surface area is 145 Å². The first kappa shape index (κ1) is 18.7. The van der Waals surface area contributed by atoms with Crippen molar-refractivity contribution in [1.29, 1.82) is 0 Å². The van der Waals surface area contributed by atoms with E-state index in [2.05, 4.69) is 15.3 Å². The molecule has 24 heavy (non-hydrogen) atoms. The molecule has 1 aromatic heterocycles. The number of nitrogens with zero attached hydrogens (tertiary/aromatic N) is 4. The van der Waals surface area contributed by atoms with Crippen molar-refractivity contribution in [3.63, 3.8) is 0 Å². The second-order valence-corrected chi connectivity index (χ2v) is 7.22. The number of carboxylic acid groups (broad SMARTS) is 1. The molecule has 1 aliphatic heterocycles. The molecule has 0 radical (unpaired) electrons. The topological polar surface area (TPSA) is 119 Å². The number of nitrogens with one attached hydrogen (secondary N) is 1. The molecule has 1 amide bonds. The van der Waals surface area contributed by atoms with Crippen molar-refractivity contribution in [2.24, 2.45) is 0 Å². The molecule has 1 fully saturated rings. The highest BCUT2D eigenvalue weighted by atomic mass is 35.5. The van der Waals surface area contributed by atoms with E-state index in [1.807, 2.05) is 20.8 Å². The summed E-state index contributed by atoms with van der Waals surface area (Å²) in [6.07, 6.45) is 1.85. The van der Waals surface area contributed by atoms with Gasteiger partial charge in [-0.05, 0) is 32.4 Å². The van der Waals surface area contributed by atoms with E-state index < -0.39 is 11.6 Å². The van der Waals surface area contributed by atoms with Crippen molar-refractivity contribution in [3.8, 4) is 0 Å². The zero-order chi connectivity index (χ0) is 18.1. The lowest BCUT2D eigenvalue weighted by molar-refractivity contribution is -0.912. The number of quaternary nitrogens is 1. The summed E-state index contributed by atoms with van der Waals surface area (Å²) in [6, 6.07) is -0.185. The van der Waals surface area contributed by atoms with Crippen LogP contribution in [0.2, 0.25) is 5.28 Å². The third kappa shape index (κ3) is 3.25. The number of halogens is 1. The molecule has 9 nitrogen and oxygen atoms in total. The molecule has 0 bridgehead atoms. The third-order valence-electron chi connectivity index (χ3n) is 4.67. The van der Waals surface area contributed by atoms with Crippen molar-refractivity contribution in [1.82, 2.24) is 9.97 Å². The van der Waals surface area contributed by atoms with Crippen LogP contribution >= 0.6 is 11.6 Å². The number of hydrogen-bond acceptors (Lipinski definition) is 7. The summed E-state index contributed by atoms with van der Waals surface area (Å²) < 4.78 is -0.0594. The minimum Gasteiger partial charge on any atom is -0.435 e. The SMILES string of the molecule is CC(C)(C)[N+]1(C(=O)O)CCC[C@H]1CNc1nc(Cl)ncc1N(O)O. The van der Waals surface area contributed by atoms with Crippen molar-refractivity contribution in [3.05, 3.63) is 11.5 Å². The Balaban J connectivity index is 2.25. The predicted molar refractivity (Wildman–Crippen MR) is 87.5 cm³/mol. The minimum absolute atomic E-state index is 0.0515. The Kier molecular flexibility index (Phi) is 5.19. The van der Waals surface area contributed by atoms with E-state index >= 15 is 0 Å². The highest BCUT2D eigenvalue weighted by Crippen LogP contribution is 2.37. The largest absolute Gasteiger partial charge is 0.514 e. The number of amides is 1. The predicted octanol–water partition coefficient (Wildman–Crippen LogP) is 2.58. The Morgan fingerprint density at radius 2 is 2.17 bits per heavy atom. The lowest BCUT2D eigenvalue weighted by Crippen LogP contribution is -2.67. The fourth-order valence-corrected chi connectivity index (χ4v) is 3.64. The van der Waals surface area contributed by atoms with Gasteiger partial charge in [-0.15, -0.1) is 5.23 Å². The van der Waals surface area contributed by atoms with Crippen LogP contribution in [-0.2, 0) is 0 Å². The summed E-state index contributed by atoms with van der Waals surface area (Å²) in [7, 11) is 0. The number of likely N-dealkylation sites (tertiary alicyclic amines) is 1. The number of aromatic nitrogens is 2. The second-order valence-electron chi connectivity index (χ2n) is 6.89. The van der Waals surface area contributed by atoms with Gasteiger partial charge in [0.15, 0.2) is 11.5 Å². The highest BCUT2D eigenvalue weighted by molar-refractivity contribution is 6.28. The number of anilines is 2. The van der Waals surface area contributed by atoms with Gasteiger partial charge in [-0.1, -0.05) is 0 Å². The quantitative estimate of drug-likeness (QED) is 0.367. The highest BCUT2D eigenvalue weighted by Gasteiger charge is 2.56. The van der Waals surface area contributed by atoms with Crippen LogP contribution in [0.1, 0.15) is 33.6 Å². The van der Waals surface area contributed by atoms with Gasteiger partial charge in [0.1, 0.15) is 11.6 Å². The smallest absolute Gasteiger partial charge is 0.435 e. The first-order valence-electron chi connectivity index (χ1n) is 7.65. The van der Waals surface area contributed by atoms with Crippen LogP contribution in [0, 0.1) is 0 Å². The van der Waals surface area contributed by atoms with Crippen LogP contribution in [0.5, 0.6) is 0 Å². The summed E-state index contributed by atoms with van der Waals surface area (Å²) in [6.45, 7) is 6.59. The molecule has 2 rings (SSSR count). The molecule has 134 valence electrons. The summed E-state index contributed by atoms with van der Waals surface area (Å²) in [5.41, 5.74) is -0.539. The van der Waals surface area contributed by atoms with Gasteiger partial charge in [0.2, 0.25) is 5.28 Å². The number of hydrogen-bond donors (Lipinski definition) is 4. The standard InChI is InChI=1S/C14H22ClN5O4/c1-14(2,3)20(13(21)22)6-4-5-9(20)7-16-11-10(19(23)24)8-17-12(15)18-11/h8-9,23-24H,4-7H2,1-3H3,(H-,16,17,18,21,22)/p+1/t9-,20?/m0/s1. The van der Waals surface area contributed by atoms with Gasteiger partial charge in [-0.2, -0.15) is 9.78 Å². The van der Waals surface area contributed by atoms with E-state index in [1.165, 1.54) is 0 Å². The molecule has 1 saturated heterocycles. The zero-order valence-electron chi connectivity index (χ0n) is 13.9. The zero-order valence-corrected chi connectivity index (χ0v) is 14.7. The Bertz CT molecular complexity index is 622. The van der Waals surface area contributed by atoms with Crippen LogP contribution in [0.3, 0.4) is 0 Å². The van der Waals surface area contributed by atoms with Crippen LogP contribution in [0.4, 0.5) is 16.3 Å². The van der Waals surface area contributed by atoms with Crippen molar-refractivity contribution in [2.75, 3.05) is 23.6 Å². The van der Waals surface area contributed by atoms with Gasteiger partial charge in [0.05, 0.1) is 19.3 Å². The molecule has 0 spiro atoms. The minimum atomic E-state index is -0.862. The van der Waals surface area contributed by atoms with Gasteiger partial charge in [-0.25, -0.2) is 9.47 Å². The number of rotatable bonds is 4. The van der Waals surface area contributed by atoms with E-state index in [4.69, 9.17) is 11.6 Å². The maximum Gasteiger partial charge on any atom is 0.514 e. The maximum absolute atomic E-state index is 12.0. The van der Waals surface area contributed by atoms with E-state index in [0.29, 0.717) is 13.1 Å². The van der Waals surface area contributed by atoms with Gasteiger partial charge in [0, 0.05) is 12.8 Å². The molecule has 10 heteroatoms. The lowest BCUT2D eigenvalue weighted by Gasteiger charge is -2.44. The molecule has 1 aromatic rings. The molecule has 0 aliphatic carbocycles. The first-order chi connectivity index (χ1) is 11.1. The van der Waals surface area contributed by atoms with Crippen LogP contribution in [0.25, 0.3) is 0 Å². The first-order valence-corrected chi connectivity index (χ1v) is 8.03. The summed E-state index contributed by atoms with van der Waals surface area (Å²) in [5.74, 6) is 0.129. The third-order valence-corrected chi connectivity index (χ3v) is 4.85. The molecule has 0 saturated carbocycles. The van der Waals surface area contributed by atoms with Crippen molar-refractivity contribution in [2.45, 2.75) is 45.2 Å². The molecule has 2 heterocycles. The van der Waals surface area contributed by atoms with E-state index in [0.717, 1.165) is 19.0 Å².